The molecule has 0 saturated carbocycles. The highest BCUT2D eigenvalue weighted by molar-refractivity contribution is 6.35. The summed E-state index contributed by atoms with van der Waals surface area (Å²) in [5.41, 5.74) is 2.83. The number of benzene rings is 3. The molecular weight excluding hydrogens is 477 g/mol. The summed E-state index contributed by atoms with van der Waals surface area (Å²) in [7, 11) is 1.57. The van der Waals surface area contributed by atoms with E-state index >= 15 is 0 Å². The summed E-state index contributed by atoms with van der Waals surface area (Å²) in [6.07, 6.45) is 0. The number of anilines is 1. The summed E-state index contributed by atoms with van der Waals surface area (Å²) in [6.45, 7) is 3.34. The molecule has 0 unspecified atom stereocenters. The molecule has 0 atom stereocenters. The molecule has 0 fully saturated rings. The van der Waals surface area contributed by atoms with Crippen molar-refractivity contribution < 1.29 is 18.7 Å². The maximum absolute atomic E-state index is 13.5. The number of nitrogens with one attached hydrogen (secondary N) is 1. The van der Waals surface area contributed by atoms with Crippen molar-refractivity contribution in [1.29, 1.82) is 0 Å². The maximum Gasteiger partial charge on any atom is 0.262 e. The van der Waals surface area contributed by atoms with Crippen molar-refractivity contribution >= 4 is 45.8 Å². The monoisotopic (exact) mass is 497 g/mol. The first-order valence-electron chi connectivity index (χ1n) is 10.4. The number of methoxy groups -OCH3 is 1. The SMILES string of the molecule is COc1ccc(-c2oc3cc(C)cc(C)c3c(=O)c2OCC(=O)Nc2cc(Cl)cc(Cl)c2)cc1. The molecule has 174 valence electrons. The highest BCUT2D eigenvalue weighted by Crippen LogP contribution is 2.33. The Labute approximate surface area is 206 Å². The van der Waals surface area contributed by atoms with Gasteiger partial charge >= 0.3 is 0 Å². The van der Waals surface area contributed by atoms with Crippen LogP contribution in [0.3, 0.4) is 0 Å². The van der Waals surface area contributed by atoms with E-state index in [0.29, 0.717) is 38.0 Å². The molecule has 3 aromatic carbocycles. The van der Waals surface area contributed by atoms with Gasteiger partial charge in [0.15, 0.2) is 12.4 Å². The van der Waals surface area contributed by atoms with Crippen molar-refractivity contribution in [1.82, 2.24) is 0 Å². The highest BCUT2D eigenvalue weighted by atomic mass is 35.5. The fourth-order valence-electron chi connectivity index (χ4n) is 3.70. The molecule has 4 aromatic rings. The van der Waals surface area contributed by atoms with Gasteiger partial charge in [0.05, 0.1) is 12.5 Å². The van der Waals surface area contributed by atoms with Gasteiger partial charge in [-0.05, 0) is 73.5 Å². The van der Waals surface area contributed by atoms with Crippen LogP contribution in [0.4, 0.5) is 5.69 Å². The lowest BCUT2D eigenvalue weighted by atomic mass is 10.0. The molecule has 4 rings (SSSR count). The van der Waals surface area contributed by atoms with Gasteiger partial charge in [-0.3, -0.25) is 9.59 Å². The van der Waals surface area contributed by atoms with E-state index in [1.54, 1.807) is 55.6 Å². The second-order valence-corrected chi connectivity index (χ2v) is 8.64. The fourth-order valence-corrected chi connectivity index (χ4v) is 4.22. The lowest BCUT2D eigenvalue weighted by Gasteiger charge is -2.13. The van der Waals surface area contributed by atoms with E-state index in [0.717, 1.165) is 11.1 Å². The summed E-state index contributed by atoms with van der Waals surface area (Å²) >= 11 is 12.0. The lowest BCUT2D eigenvalue weighted by molar-refractivity contribution is -0.118. The highest BCUT2D eigenvalue weighted by Gasteiger charge is 2.20. The van der Waals surface area contributed by atoms with Crippen molar-refractivity contribution in [2.75, 3.05) is 19.0 Å². The zero-order valence-electron chi connectivity index (χ0n) is 18.7. The average Bonchev–Trinajstić information content (AvgIpc) is 2.77. The molecule has 1 amide bonds. The van der Waals surface area contributed by atoms with Gasteiger partial charge in [-0.15, -0.1) is 0 Å². The van der Waals surface area contributed by atoms with Crippen molar-refractivity contribution in [3.63, 3.8) is 0 Å². The number of carbonyl (C=O) groups excluding carboxylic acids is 1. The lowest BCUT2D eigenvalue weighted by Crippen LogP contribution is -2.22. The predicted octanol–water partition coefficient (Wildman–Crippen LogP) is 6.41. The van der Waals surface area contributed by atoms with Crippen molar-refractivity contribution in [3.05, 3.63) is 86.0 Å². The van der Waals surface area contributed by atoms with Crippen LogP contribution in [-0.2, 0) is 4.79 Å². The molecule has 0 spiro atoms. The number of ether oxygens (including phenoxy) is 2. The normalized spacial score (nSPS) is 10.9. The molecule has 0 radical (unpaired) electrons. The Morgan fingerprint density at radius 1 is 1.00 bits per heavy atom. The van der Waals surface area contributed by atoms with Crippen LogP contribution < -0.4 is 20.2 Å². The Morgan fingerprint density at radius 3 is 2.32 bits per heavy atom. The van der Waals surface area contributed by atoms with Crippen molar-refractivity contribution in [2.45, 2.75) is 13.8 Å². The third-order valence-electron chi connectivity index (χ3n) is 5.14. The fraction of sp³-hybridized carbons (Fsp3) is 0.154. The minimum absolute atomic E-state index is 0.0519. The van der Waals surface area contributed by atoms with Crippen LogP contribution in [-0.4, -0.2) is 19.6 Å². The molecule has 0 aliphatic rings. The average molecular weight is 498 g/mol. The zero-order valence-corrected chi connectivity index (χ0v) is 20.2. The van der Waals surface area contributed by atoms with Crippen LogP contribution in [0.25, 0.3) is 22.3 Å². The van der Waals surface area contributed by atoms with Gasteiger partial charge in [0.2, 0.25) is 11.2 Å². The van der Waals surface area contributed by atoms with Crippen LogP contribution in [0, 0.1) is 13.8 Å². The number of carbonyl (C=O) groups is 1. The molecule has 1 N–H and O–H groups in total. The third-order valence-corrected chi connectivity index (χ3v) is 5.58. The topological polar surface area (TPSA) is 77.8 Å². The van der Waals surface area contributed by atoms with Crippen molar-refractivity contribution in [3.8, 4) is 22.8 Å². The number of amides is 1. The van der Waals surface area contributed by atoms with Gasteiger partial charge in [-0.2, -0.15) is 0 Å². The maximum atomic E-state index is 13.5. The van der Waals surface area contributed by atoms with E-state index in [1.165, 1.54) is 0 Å². The van der Waals surface area contributed by atoms with Crippen LogP contribution in [0.5, 0.6) is 11.5 Å². The number of hydrogen-bond acceptors (Lipinski definition) is 5. The molecular formula is C26H21Cl2NO5. The third kappa shape index (κ3) is 5.03. The first-order valence-corrected chi connectivity index (χ1v) is 11.1. The number of aryl methyl sites for hydroxylation is 2. The summed E-state index contributed by atoms with van der Waals surface area (Å²) < 4.78 is 17.1. The Kier molecular flexibility index (Phi) is 6.82. The summed E-state index contributed by atoms with van der Waals surface area (Å²) in [4.78, 5) is 26.0. The zero-order chi connectivity index (χ0) is 24.4. The quantitative estimate of drug-likeness (QED) is 0.333. The Hall–Kier alpha value is -3.48. The Balaban J connectivity index is 1.72. The molecule has 0 aliphatic carbocycles. The standard InChI is InChI=1S/C26H21Cl2NO5/c1-14-8-15(2)23-21(9-14)34-25(16-4-6-20(32-3)7-5-16)26(24(23)31)33-13-22(30)29-19-11-17(27)10-18(28)12-19/h4-12H,13H2,1-3H3,(H,29,30). The second kappa shape index (κ2) is 9.79. The van der Waals surface area contributed by atoms with Gasteiger partial charge in [0.25, 0.3) is 5.91 Å². The summed E-state index contributed by atoms with van der Waals surface area (Å²) in [5.74, 6) is 0.340. The van der Waals surface area contributed by atoms with Gasteiger partial charge in [0.1, 0.15) is 11.3 Å². The number of rotatable bonds is 6. The Bertz CT molecular complexity index is 1420. The smallest absolute Gasteiger partial charge is 0.262 e. The number of fused-ring (bicyclic) bond motifs is 1. The molecule has 0 aliphatic heterocycles. The van der Waals surface area contributed by atoms with E-state index in [1.807, 2.05) is 19.9 Å². The molecule has 6 nitrogen and oxygen atoms in total. The van der Waals surface area contributed by atoms with E-state index in [4.69, 9.17) is 37.1 Å². The van der Waals surface area contributed by atoms with E-state index in [2.05, 4.69) is 5.32 Å². The largest absolute Gasteiger partial charge is 0.497 e. The van der Waals surface area contributed by atoms with Crippen LogP contribution in [0.15, 0.2) is 63.8 Å². The summed E-state index contributed by atoms with van der Waals surface area (Å²) in [5, 5.41) is 3.83. The number of halogens is 2. The summed E-state index contributed by atoms with van der Waals surface area (Å²) in [6, 6.07) is 15.4. The molecule has 1 aromatic heterocycles. The Morgan fingerprint density at radius 2 is 1.68 bits per heavy atom. The van der Waals surface area contributed by atoms with Gasteiger partial charge in [-0.1, -0.05) is 29.3 Å². The van der Waals surface area contributed by atoms with Gasteiger partial charge < -0.3 is 19.2 Å². The van der Waals surface area contributed by atoms with Crippen LogP contribution >= 0.6 is 23.2 Å². The molecule has 0 bridgehead atoms. The van der Waals surface area contributed by atoms with Gasteiger partial charge in [0, 0.05) is 21.3 Å². The van der Waals surface area contributed by atoms with Crippen LogP contribution in [0.2, 0.25) is 10.0 Å². The predicted molar refractivity (Wildman–Crippen MR) is 135 cm³/mol. The number of hydrogen-bond donors (Lipinski definition) is 1. The second-order valence-electron chi connectivity index (χ2n) is 7.77. The van der Waals surface area contributed by atoms with E-state index in [9.17, 15) is 9.59 Å². The first kappa shape index (κ1) is 23.7. The minimum Gasteiger partial charge on any atom is -0.497 e. The van der Waals surface area contributed by atoms with E-state index in [-0.39, 0.29) is 16.9 Å². The molecule has 34 heavy (non-hydrogen) atoms. The van der Waals surface area contributed by atoms with Crippen LogP contribution in [0.1, 0.15) is 11.1 Å². The van der Waals surface area contributed by atoms with E-state index < -0.39 is 12.5 Å². The molecule has 8 heteroatoms. The van der Waals surface area contributed by atoms with Crippen molar-refractivity contribution in [2.24, 2.45) is 0 Å². The molecule has 1 heterocycles. The minimum atomic E-state index is -0.487. The molecule has 0 saturated heterocycles. The van der Waals surface area contributed by atoms with Gasteiger partial charge in [-0.25, -0.2) is 0 Å². The first-order chi connectivity index (χ1) is 16.2.